The van der Waals surface area contributed by atoms with E-state index in [0.717, 1.165) is 0 Å². The molecule has 0 spiro atoms. The van der Waals surface area contributed by atoms with Crippen LogP contribution in [0.5, 0.6) is 0 Å². The first kappa shape index (κ1) is 22.3. The van der Waals surface area contributed by atoms with E-state index in [1.807, 2.05) is 6.92 Å². The normalized spacial score (nSPS) is 10.8. The van der Waals surface area contributed by atoms with Crippen LogP contribution >= 0.6 is 0 Å². The van der Waals surface area contributed by atoms with E-state index in [9.17, 15) is 19.2 Å². The number of benzene rings is 1. The summed E-state index contributed by atoms with van der Waals surface area (Å²) >= 11 is 0. The molecule has 7 heteroatoms. The molecule has 1 aromatic rings. The molecule has 0 heterocycles. The molecule has 27 heavy (non-hydrogen) atoms. The van der Waals surface area contributed by atoms with Crippen LogP contribution in [-0.4, -0.2) is 44.0 Å². The fourth-order valence-electron chi connectivity index (χ4n) is 2.77. The number of Topliss-reactive ketones (excluding diaryl/α,β-unsaturated/α-hetero) is 1. The summed E-state index contributed by atoms with van der Waals surface area (Å²) in [4.78, 5) is 49.4. The van der Waals surface area contributed by atoms with Crippen LogP contribution in [0.3, 0.4) is 0 Å². The molecule has 0 fully saturated rings. The van der Waals surface area contributed by atoms with Gasteiger partial charge in [-0.1, -0.05) is 25.5 Å². The van der Waals surface area contributed by atoms with Crippen molar-refractivity contribution in [3.05, 3.63) is 35.4 Å². The van der Waals surface area contributed by atoms with Crippen LogP contribution < -0.4 is 0 Å². The first-order chi connectivity index (χ1) is 12.9. The molecule has 0 saturated heterocycles. The number of ketones is 1. The van der Waals surface area contributed by atoms with E-state index in [2.05, 4.69) is 4.74 Å². The van der Waals surface area contributed by atoms with Crippen molar-refractivity contribution in [1.29, 1.82) is 0 Å². The van der Waals surface area contributed by atoms with E-state index in [4.69, 9.17) is 9.47 Å². The molecular formula is C20H26O7. The van der Waals surface area contributed by atoms with Crippen LogP contribution in [0.1, 0.15) is 60.7 Å². The lowest BCUT2D eigenvalue weighted by molar-refractivity contribution is -0.172. The fraction of sp³-hybridized carbons (Fsp3) is 0.500. The molecule has 0 aliphatic rings. The van der Waals surface area contributed by atoms with Gasteiger partial charge < -0.3 is 14.2 Å². The summed E-state index contributed by atoms with van der Waals surface area (Å²) in [6.07, 6.45) is 0.263. The van der Waals surface area contributed by atoms with Crippen molar-refractivity contribution in [2.24, 2.45) is 5.41 Å². The Labute approximate surface area is 159 Å². The zero-order valence-corrected chi connectivity index (χ0v) is 16.2. The lowest BCUT2D eigenvalue weighted by atomic mass is 9.77. The molecule has 0 radical (unpaired) electrons. The average molecular weight is 378 g/mol. The Kier molecular flexibility index (Phi) is 8.65. The number of esters is 3. The van der Waals surface area contributed by atoms with Gasteiger partial charge in [0.05, 0.1) is 25.9 Å². The number of carbonyl (C=O) groups excluding carboxylic acids is 4. The molecule has 0 amide bonds. The molecule has 1 rings (SSSR count). The molecule has 148 valence electrons. The zero-order chi connectivity index (χ0) is 20.4. The Hall–Kier alpha value is -2.70. The topological polar surface area (TPSA) is 96.0 Å². The van der Waals surface area contributed by atoms with Gasteiger partial charge in [0.25, 0.3) is 0 Å². The number of hydrogen-bond donors (Lipinski definition) is 0. The number of ether oxygens (including phenoxy) is 3. The summed E-state index contributed by atoms with van der Waals surface area (Å²) in [5.41, 5.74) is -1.11. The van der Waals surface area contributed by atoms with Gasteiger partial charge in [-0.15, -0.1) is 0 Å². The van der Waals surface area contributed by atoms with Gasteiger partial charge in [-0.25, -0.2) is 4.79 Å². The Bertz CT molecular complexity index is 658. The Morgan fingerprint density at radius 3 is 1.74 bits per heavy atom. The van der Waals surface area contributed by atoms with Gasteiger partial charge in [0, 0.05) is 12.0 Å². The molecule has 1 aromatic carbocycles. The van der Waals surface area contributed by atoms with Gasteiger partial charge in [0.1, 0.15) is 0 Å². The van der Waals surface area contributed by atoms with Gasteiger partial charge in [-0.2, -0.15) is 0 Å². The SMILES string of the molecule is CCCC(CC(=O)c1ccc(C(=O)OC)cc1)(C(=O)OCC)C(=O)OCC. The van der Waals surface area contributed by atoms with Crippen molar-refractivity contribution >= 4 is 23.7 Å². The lowest BCUT2D eigenvalue weighted by Crippen LogP contribution is -2.43. The summed E-state index contributed by atoms with van der Waals surface area (Å²) in [5, 5.41) is 0. The summed E-state index contributed by atoms with van der Waals surface area (Å²) in [7, 11) is 1.26. The van der Waals surface area contributed by atoms with Crippen LogP contribution in [0.15, 0.2) is 24.3 Å². The standard InChI is InChI=1S/C20H26O7/c1-5-12-20(18(23)26-6-2,19(24)27-7-3)13-16(21)14-8-10-15(11-9-14)17(22)25-4/h8-11H,5-7,12-13H2,1-4H3. The van der Waals surface area contributed by atoms with Crippen molar-refractivity contribution in [2.75, 3.05) is 20.3 Å². The molecule has 0 aliphatic carbocycles. The second-order valence-corrected chi connectivity index (χ2v) is 5.94. The highest BCUT2D eigenvalue weighted by atomic mass is 16.6. The predicted molar refractivity (Wildman–Crippen MR) is 97.3 cm³/mol. The third-order valence-corrected chi connectivity index (χ3v) is 4.10. The highest BCUT2D eigenvalue weighted by Crippen LogP contribution is 2.34. The summed E-state index contributed by atoms with van der Waals surface area (Å²) in [6, 6.07) is 5.83. The molecule has 0 N–H and O–H groups in total. The predicted octanol–water partition coefficient (Wildman–Crippen LogP) is 2.96. The van der Waals surface area contributed by atoms with Crippen molar-refractivity contribution in [2.45, 2.75) is 40.0 Å². The maximum absolute atomic E-state index is 12.8. The highest BCUT2D eigenvalue weighted by molar-refractivity contribution is 6.07. The molecule has 0 aromatic heterocycles. The van der Waals surface area contributed by atoms with Crippen molar-refractivity contribution in [3.8, 4) is 0 Å². The smallest absolute Gasteiger partial charge is 0.337 e. The van der Waals surface area contributed by atoms with Crippen LogP contribution in [0.2, 0.25) is 0 Å². The minimum absolute atomic E-state index is 0.0890. The molecule has 0 bridgehead atoms. The van der Waals surface area contributed by atoms with Crippen molar-refractivity contribution in [1.82, 2.24) is 0 Å². The Balaban J connectivity index is 3.18. The first-order valence-electron chi connectivity index (χ1n) is 8.92. The lowest BCUT2D eigenvalue weighted by Gasteiger charge is -2.28. The molecule has 0 unspecified atom stereocenters. The average Bonchev–Trinajstić information content (AvgIpc) is 2.67. The summed E-state index contributed by atoms with van der Waals surface area (Å²) in [6.45, 7) is 5.25. The van der Waals surface area contributed by atoms with Crippen LogP contribution in [0.4, 0.5) is 0 Å². The van der Waals surface area contributed by atoms with Crippen LogP contribution in [-0.2, 0) is 23.8 Å². The molecule has 0 aliphatic heterocycles. The van der Waals surface area contributed by atoms with Gasteiger partial charge in [-0.3, -0.25) is 14.4 Å². The number of carbonyl (C=O) groups is 4. The van der Waals surface area contributed by atoms with E-state index in [-0.39, 0.29) is 31.6 Å². The number of hydrogen-bond acceptors (Lipinski definition) is 7. The van der Waals surface area contributed by atoms with Gasteiger partial charge in [0.15, 0.2) is 11.2 Å². The minimum Gasteiger partial charge on any atom is -0.465 e. The second-order valence-electron chi connectivity index (χ2n) is 5.94. The molecule has 0 saturated carbocycles. The fourth-order valence-corrected chi connectivity index (χ4v) is 2.77. The van der Waals surface area contributed by atoms with Gasteiger partial charge >= 0.3 is 17.9 Å². The Morgan fingerprint density at radius 1 is 0.852 bits per heavy atom. The third-order valence-electron chi connectivity index (χ3n) is 4.10. The molecule has 7 nitrogen and oxygen atoms in total. The highest BCUT2D eigenvalue weighted by Gasteiger charge is 2.49. The third kappa shape index (κ3) is 5.39. The zero-order valence-electron chi connectivity index (χ0n) is 16.2. The quantitative estimate of drug-likeness (QED) is 0.267. The van der Waals surface area contributed by atoms with Gasteiger partial charge in [-0.05, 0) is 32.4 Å². The molecular weight excluding hydrogens is 352 g/mol. The minimum atomic E-state index is -1.68. The van der Waals surface area contributed by atoms with E-state index < -0.39 is 29.1 Å². The molecule has 0 atom stereocenters. The van der Waals surface area contributed by atoms with Crippen molar-refractivity contribution < 1.29 is 33.4 Å². The maximum Gasteiger partial charge on any atom is 0.337 e. The maximum atomic E-state index is 12.8. The van der Waals surface area contributed by atoms with Crippen LogP contribution in [0.25, 0.3) is 0 Å². The number of rotatable bonds is 10. The Morgan fingerprint density at radius 2 is 1.33 bits per heavy atom. The van der Waals surface area contributed by atoms with Crippen LogP contribution in [0, 0.1) is 5.41 Å². The first-order valence-corrected chi connectivity index (χ1v) is 8.92. The monoisotopic (exact) mass is 378 g/mol. The summed E-state index contributed by atoms with van der Waals surface area (Å²) < 4.78 is 14.8. The van der Waals surface area contributed by atoms with Crippen molar-refractivity contribution in [3.63, 3.8) is 0 Å². The van der Waals surface area contributed by atoms with E-state index >= 15 is 0 Å². The second kappa shape index (κ2) is 10.4. The summed E-state index contributed by atoms with van der Waals surface area (Å²) in [5.74, 6) is -2.46. The van der Waals surface area contributed by atoms with E-state index in [1.165, 1.54) is 31.4 Å². The van der Waals surface area contributed by atoms with Gasteiger partial charge in [0.2, 0.25) is 0 Å². The van der Waals surface area contributed by atoms with E-state index in [0.29, 0.717) is 12.0 Å². The largest absolute Gasteiger partial charge is 0.465 e. The number of methoxy groups -OCH3 is 1. The van der Waals surface area contributed by atoms with E-state index in [1.54, 1.807) is 13.8 Å².